The first kappa shape index (κ1) is 12.1. The van der Waals surface area contributed by atoms with Crippen molar-refractivity contribution in [3.8, 4) is 0 Å². The topological polar surface area (TPSA) is 72.2 Å². The van der Waals surface area contributed by atoms with Gasteiger partial charge in [-0.05, 0) is 24.3 Å². The standard InChI is InChI=1S/C15H10N2O3/c18-14(11-5-3-7-16-9-11)17-12-6-2-1-4-10(12)8-13(17)15(19)20/h1-9H,(H,19,20). The summed E-state index contributed by atoms with van der Waals surface area (Å²) in [5.41, 5.74) is 0.857. The molecule has 3 rings (SSSR count). The summed E-state index contributed by atoms with van der Waals surface area (Å²) in [6.07, 6.45) is 2.98. The maximum atomic E-state index is 12.5. The first-order chi connectivity index (χ1) is 9.68. The van der Waals surface area contributed by atoms with Crippen LogP contribution in [0.4, 0.5) is 0 Å². The molecule has 98 valence electrons. The van der Waals surface area contributed by atoms with E-state index >= 15 is 0 Å². The van der Waals surface area contributed by atoms with Gasteiger partial charge in [-0.1, -0.05) is 18.2 Å². The molecule has 1 N–H and O–H groups in total. The van der Waals surface area contributed by atoms with E-state index in [1.807, 2.05) is 0 Å². The number of rotatable bonds is 2. The number of carboxylic acids is 1. The molecule has 0 atom stereocenters. The van der Waals surface area contributed by atoms with E-state index in [4.69, 9.17) is 0 Å². The molecule has 2 heterocycles. The molecule has 0 aliphatic carbocycles. The fourth-order valence-electron chi connectivity index (χ4n) is 2.15. The van der Waals surface area contributed by atoms with Crippen LogP contribution in [0.1, 0.15) is 20.8 Å². The highest BCUT2D eigenvalue weighted by Gasteiger charge is 2.20. The van der Waals surface area contributed by atoms with Crippen LogP contribution in [0.2, 0.25) is 0 Å². The van der Waals surface area contributed by atoms with Crippen LogP contribution in [0.25, 0.3) is 10.9 Å². The maximum absolute atomic E-state index is 12.5. The Labute approximate surface area is 114 Å². The minimum Gasteiger partial charge on any atom is -0.477 e. The fraction of sp³-hybridized carbons (Fsp3) is 0. The molecule has 0 saturated heterocycles. The maximum Gasteiger partial charge on any atom is 0.353 e. The average molecular weight is 266 g/mol. The van der Waals surface area contributed by atoms with Crippen LogP contribution in [0.3, 0.4) is 0 Å². The van der Waals surface area contributed by atoms with Crippen LogP contribution >= 0.6 is 0 Å². The van der Waals surface area contributed by atoms with Gasteiger partial charge in [0.05, 0.1) is 11.1 Å². The number of aromatic carboxylic acids is 1. The van der Waals surface area contributed by atoms with Crippen LogP contribution in [-0.2, 0) is 0 Å². The van der Waals surface area contributed by atoms with E-state index in [1.54, 1.807) is 42.6 Å². The zero-order valence-corrected chi connectivity index (χ0v) is 10.4. The monoisotopic (exact) mass is 266 g/mol. The van der Waals surface area contributed by atoms with Crippen molar-refractivity contribution >= 4 is 22.8 Å². The van der Waals surface area contributed by atoms with Crippen molar-refractivity contribution in [3.05, 3.63) is 66.1 Å². The molecule has 0 aliphatic rings. The summed E-state index contributed by atoms with van der Waals surface area (Å²) in [5, 5.41) is 9.98. The van der Waals surface area contributed by atoms with Gasteiger partial charge in [0.2, 0.25) is 0 Å². The smallest absolute Gasteiger partial charge is 0.353 e. The van der Waals surface area contributed by atoms with Crippen molar-refractivity contribution in [2.24, 2.45) is 0 Å². The average Bonchev–Trinajstić information content (AvgIpc) is 2.87. The summed E-state index contributed by atoms with van der Waals surface area (Å²) in [6.45, 7) is 0. The van der Waals surface area contributed by atoms with E-state index in [0.29, 0.717) is 16.5 Å². The summed E-state index contributed by atoms with van der Waals surface area (Å²) in [6, 6.07) is 11.8. The predicted molar refractivity (Wildman–Crippen MR) is 72.9 cm³/mol. The van der Waals surface area contributed by atoms with E-state index in [9.17, 15) is 14.7 Å². The molecule has 0 fully saturated rings. The largest absolute Gasteiger partial charge is 0.477 e. The van der Waals surface area contributed by atoms with Crippen LogP contribution < -0.4 is 0 Å². The number of nitrogens with zero attached hydrogens (tertiary/aromatic N) is 2. The molecule has 2 aromatic heterocycles. The van der Waals surface area contributed by atoms with Gasteiger partial charge in [0.25, 0.3) is 5.91 Å². The summed E-state index contributed by atoms with van der Waals surface area (Å²) in [4.78, 5) is 27.7. The highest BCUT2D eigenvalue weighted by Crippen LogP contribution is 2.21. The zero-order chi connectivity index (χ0) is 14.1. The van der Waals surface area contributed by atoms with Crippen molar-refractivity contribution in [1.82, 2.24) is 9.55 Å². The second-order valence-electron chi connectivity index (χ2n) is 4.28. The number of benzene rings is 1. The summed E-state index contributed by atoms with van der Waals surface area (Å²) >= 11 is 0. The van der Waals surface area contributed by atoms with Gasteiger partial charge in [0.1, 0.15) is 5.69 Å². The van der Waals surface area contributed by atoms with Crippen molar-refractivity contribution in [1.29, 1.82) is 0 Å². The molecule has 0 unspecified atom stereocenters. The Morgan fingerprint density at radius 2 is 1.90 bits per heavy atom. The lowest BCUT2D eigenvalue weighted by molar-refractivity contribution is 0.0677. The Morgan fingerprint density at radius 3 is 2.60 bits per heavy atom. The Balaban J connectivity index is 2.27. The molecular weight excluding hydrogens is 256 g/mol. The fourth-order valence-corrected chi connectivity index (χ4v) is 2.15. The molecule has 0 radical (unpaired) electrons. The molecular formula is C15H10N2O3. The Kier molecular flexibility index (Phi) is 2.80. The SMILES string of the molecule is O=C(O)c1cc2ccccc2n1C(=O)c1cccnc1. The first-order valence-electron chi connectivity index (χ1n) is 5.97. The van der Waals surface area contributed by atoms with E-state index in [0.717, 1.165) is 0 Å². The summed E-state index contributed by atoms with van der Waals surface area (Å²) in [5.74, 6) is -1.55. The lowest BCUT2D eigenvalue weighted by atomic mass is 10.2. The number of aromatic nitrogens is 2. The minimum atomic E-state index is -1.14. The third kappa shape index (κ3) is 1.85. The number of hydrogen-bond acceptors (Lipinski definition) is 3. The molecule has 0 spiro atoms. The highest BCUT2D eigenvalue weighted by molar-refractivity contribution is 6.07. The number of carbonyl (C=O) groups is 2. The Bertz CT molecular complexity index is 806. The van der Waals surface area contributed by atoms with E-state index in [1.165, 1.54) is 16.8 Å². The number of pyridine rings is 1. The molecule has 3 aromatic rings. The number of para-hydroxylation sites is 1. The molecule has 0 amide bonds. The van der Waals surface area contributed by atoms with Crippen LogP contribution in [0.5, 0.6) is 0 Å². The lowest BCUT2D eigenvalue weighted by Crippen LogP contribution is -2.17. The third-order valence-corrected chi connectivity index (χ3v) is 3.04. The van der Waals surface area contributed by atoms with Crippen molar-refractivity contribution in [3.63, 3.8) is 0 Å². The van der Waals surface area contributed by atoms with Crippen LogP contribution in [0, 0.1) is 0 Å². The van der Waals surface area contributed by atoms with Gasteiger partial charge in [0.15, 0.2) is 0 Å². The van der Waals surface area contributed by atoms with Gasteiger partial charge >= 0.3 is 5.97 Å². The van der Waals surface area contributed by atoms with Gasteiger partial charge in [-0.2, -0.15) is 0 Å². The van der Waals surface area contributed by atoms with Gasteiger partial charge < -0.3 is 5.11 Å². The van der Waals surface area contributed by atoms with Gasteiger partial charge in [-0.15, -0.1) is 0 Å². The second kappa shape index (κ2) is 4.62. The summed E-state index contributed by atoms with van der Waals surface area (Å²) < 4.78 is 1.20. The molecule has 5 nitrogen and oxygen atoms in total. The molecule has 5 heteroatoms. The van der Waals surface area contributed by atoms with Gasteiger partial charge in [-0.25, -0.2) is 4.79 Å². The first-order valence-corrected chi connectivity index (χ1v) is 5.97. The van der Waals surface area contributed by atoms with Crippen LogP contribution in [0.15, 0.2) is 54.9 Å². The third-order valence-electron chi connectivity index (χ3n) is 3.04. The Morgan fingerprint density at radius 1 is 1.10 bits per heavy atom. The number of carbonyl (C=O) groups excluding carboxylic acids is 1. The molecule has 1 aromatic carbocycles. The van der Waals surface area contributed by atoms with Crippen molar-refractivity contribution in [2.45, 2.75) is 0 Å². The normalized spacial score (nSPS) is 10.6. The minimum absolute atomic E-state index is 0.0555. The lowest BCUT2D eigenvalue weighted by Gasteiger charge is -2.06. The van der Waals surface area contributed by atoms with Crippen molar-refractivity contribution < 1.29 is 14.7 Å². The van der Waals surface area contributed by atoms with E-state index in [2.05, 4.69) is 4.98 Å². The number of carboxylic acid groups (broad SMARTS) is 1. The van der Waals surface area contributed by atoms with Gasteiger partial charge in [0, 0.05) is 17.8 Å². The molecule has 20 heavy (non-hydrogen) atoms. The number of fused-ring (bicyclic) bond motifs is 1. The summed E-state index contributed by atoms with van der Waals surface area (Å²) in [7, 11) is 0. The molecule has 0 saturated carbocycles. The number of hydrogen-bond donors (Lipinski definition) is 1. The van der Waals surface area contributed by atoms with Gasteiger partial charge in [-0.3, -0.25) is 14.3 Å². The van der Waals surface area contributed by atoms with Crippen molar-refractivity contribution in [2.75, 3.05) is 0 Å². The van der Waals surface area contributed by atoms with E-state index in [-0.39, 0.29) is 5.69 Å². The zero-order valence-electron chi connectivity index (χ0n) is 10.4. The second-order valence-corrected chi connectivity index (χ2v) is 4.28. The quantitative estimate of drug-likeness (QED) is 0.773. The predicted octanol–water partition coefficient (Wildman–Crippen LogP) is 2.42. The van der Waals surface area contributed by atoms with E-state index < -0.39 is 11.9 Å². The van der Waals surface area contributed by atoms with Crippen LogP contribution in [-0.4, -0.2) is 26.5 Å². The highest BCUT2D eigenvalue weighted by atomic mass is 16.4. The molecule has 0 aliphatic heterocycles. The molecule has 0 bridgehead atoms. The Hall–Kier alpha value is -2.95.